The van der Waals surface area contributed by atoms with E-state index in [1.165, 1.54) is 12.1 Å². The summed E-state index contributed by atoms with van der Waals surface area (Å²) in [7, 11) is 0. The van der Waals surface area contributed by atoms with E-state index in [0.29, 0.717) is 5.56 Å². The highest BCUT2D eigenvalue weighted by Gasteiger charge is 2.15. The fraction of sp³-hybridized carbons (Fsp3) is 0.167. The Bertz CT molecular complexity index is 779. The highest BCUT2D eigenvalue weighted by Crippen LogP contribution is 2.18. The molecule has 0 aromatic heterocycles. The second-order valence-electron chi connectivity index (χ2n) is 5.25. The second kappa shape index (κ2) is 9.53. The minimum absolute atomic E-state index is 0.00941. The number of nitrogens with one attached hydrogen (secondary N) is 3. The van der Waals surface area contributed by atoms with Gasteiger partial charge in [-0.15, -0.1) is 0 Å². The fourth-order valence-electron chi connectivity index (χ4n) is 2.10. The predicted molar refractivity (Wildman–Crippen MR) is 95.5 cm³/mol. The summed E-state index contributed by atoms with van der Waals surface area (Å²) in [5.41, 5.74) is 0.213. The summed E-state index contributed by atoms with van der Waals surface area (Å²) in [6.45, 7) is 0.0144. The predicted octanol–water partition coefficient (Wildman–Crippen LogP) is 1.76. The quantitative estimate of drug-likeness (QED) is 0.642. The Morgan fingerprint density at radius 2 is 1.54 bits per heavy atom. The van der Waals surface area contributed by atoms with Crippen molar-refractivity contribution in [2.75, 3.05) is 19.6 Å². The van der Waals surface area contributed by atoms with Gasteiger partial charge >= 0.3 is 0 Å². The lowest BCUT2D eigenvalue weighted by molar-refractivity contribution is -0.120. The molecule has 0 aliphatic heterocycles. The first-order valence-corrected chi connectivity index (χ1v) is 8.19. The van der Waals surface area contributed by atoms with Gasteiger partial charge in [0, 0.05) is 18.7 Å². The van der Waals surface area contributed by atoms with Crippen LogP contribution in [0.2, 0.25) is 5.02 Å². The summed E-state index contributed by atoms with van der Waals surface area (Å²) in [4.78, 5) is 35.4. The van der Waals surface area contributed by atoms with Gasteiger partial charge in [0.15, 0.2) is 0 Å². The van der Waals surface area contributed by atoms with E-state index in [1.54, 1.807) is 30.3 Å². The summed E-state index contributed by atoms with van der Waals surface area (Å²) < 4.78 is 13.6. The Balaban J connectivity index is 1.69. The van der Waals surface area contributed by atoms with E-state index in [9.17, 15) is 18.8 Å². The van der Waals surface area contributed by atoms with E-state index in [1.807, 2.05) is 0 Å². The number of hydrogen-bond acceptors (Lipinski definition) is 3. The average molecular weight is 378 g/mol. The molecule has 0 aliphatic rings. The standard InChI is InChI=1S/C18H17ClFN3O3/c19-13-7-4-8-14(20)16(13)18(26)22-10-9-21-15(24)11-23-17(25)12-5-2-1-3-6-12/h1-8H,9-11H2,(H,21,24)(H,22,26)(H,23,25). The maximum atomic E-state index is 13.6. The van der Waals surface area contributed by atoms with E-state index in [4.69, 9.17) is 11.6 Å². The van der Waals surface area contributed by atoms with Crippen LogP contribution in [0.3, 0.4) is 0 Å². The first-order valence-electron chi connectivity index (χ1n) is 7.81. The van der Waals surface area contributed by atoms with Gasteiger partial charge in [0.05, 0.1) is 17.1 Å². The lowest BCUT2D eigenvalue weighted by Gasteiger charge is -2.09. The van der Waals surface area contributed by atoms with Crippen LogP contribution in [0, 0.1) is 5.82 Å². The largest absolute Gasteiger partial charge is 0.353 e. The number of hydrogen-bond donors (Lipinski definition) is 3. The molecule has 2 aromatic carbocycles. The van der Waals surface area contributed by atoms with Gasteiger partial charge in [-0.1, -0.05) is 35.9 Å². The monoisotopic (exact) mass is 377 g/mol. The average Bonchev–Trinajstić information content (AvgIpc) is 2.64. The summed E-state index contributed by atoms with van der Waals surface area (Å²) in [6, 6.07) is 12.5. The Labute approximate surface area is 154 Å². The number of benzene rings is 2. The molecule has 8 heteroatoms. The highest BCUT2D eigenvalue weighted by molar-refractivity contribution is 6.33. The second-order valence-corrected chi connectivity index (χ2v) is 5.66. The van der Waals surface area contributed by atoms with Crippen LogP contribution >= 0.6 is 11.6 Å². The number of halogens is 2. The smallest absolute Gasteiger partial charge is 0.255 e. The van der Waals surface area contributed by atoms with Crippen LogP contribution in [0.15, 0.2) is 48.5 Å². The van der Waals surface area contributed by atoms with Crippen molar-refractivity contribution in [3.63, 3.8) is 0 Å². The molecule has 0 saturated carbocycles. The molecule has 3 amide bonds. The number of carbonyl (C=O) groups excluding carboxylic acids is 3. The SMILES string of the molecule is O=C(CNC(=O)c1ccccc1)NCCNC(=O)c1c(F)cccc1Cl. The van der Waals surface area contributed by atoms with Crippen LogP contribution in [0.25, 0.3) is 0 Å². The van der Waals surface area contributed by atoms with Crippen molar-refractivity contribution in [1.29, 1.82) is 0 Å². The minimum Gasteiger partial charge on any atom is -0.353 e. The van der Waals surface area contributed by atoms with Crippen LogP contribution in [0.1, 0.15) is 20.7 Å². The van der Waals surface area contributed by atoms with E-state index in [2.05, 4.69) is 16.0 Å². The molecule has 3 N–H and O–H groups in total. The topological polar surface area (TPSA) is 87.3 Å². The maximum absolute atomic E-state index is 13.6. The van der Waals surface area contributed by atoms with Crippen LogP contribution in [-0.4, -0.2) is 37.4 Å². The third-order valence-electron chi connectivity index (χ3n) is 3.37. The lowest BCUT2D eigenvalue weighted by Crippen LogP contribution is -2.40. The summed E-state index contributed by atoms with van der Waals surface area (Å²) in [5, 5.41) is 7.48. The van der Waals surface area contributed by atoms with Crippen molar-refractivity contribution >= 4 is 29.3 Å². The summed E-state index contributed by atoms with van der Waals surface area (Å²) >= 11 is 5.80. The number of amides is 3. The Morgan fingerprint density at radius 3 is 2.23 bits per heavy atom. The van der Waals surface area contributed by atoms with Gasteiger partial charge in [-0.05, 0) is 24.3 Å². The Morgan fingerprint density at radius 1 is 0.846 bits per heavy atom. The Kier molecular flexibility index (Phi) is 7.11. The molecule has 0 spiro atoms. The van der Waals surface area contributed by atoms with Crippen molar-refractivity contribution in [1.82, 2.24) is 16.0 Å². The minimum atomic E-state index is -0.720. The maximum Gasteiger partial charge on any atom is 0.255 e. The van der Waals surface area contributed by atoms with Gasteiger partial charge in [0.1, 0.15) is 5.82 Å². The van der Waals surface area contributed by atoms with Crippen molar-refractivity contribution in [2.45, 2.75) is 0 Å². The molecule has 0 unspecified atom stereocenters. The van der Waals surface area contributed by atoms with Crippen LogP contribution in [0.5, 0.6) is 0 Å². The molecule has 0 saturated heterocycles. The van der Waals surface area contributed by atoms with Gasteiger partial charge in [0.2, 0.25) is 5.91 Å². The van der Waals surface area contributed by atoms with E-state index >= 15 is 0 Å². The third-order valence-corrected chi connectivity index (χ3v) is 3.68. The molecule has 2 aromatic rings. The van der Waals surface area contributed by atoms with E-state index in [-0.39, 0.29) is 36.1 Å². The zero-order chi connectivity index (χ0) is 18.9. The lowest BCUT2D eigenvalue weighted by atomic mass is 10.2. The zero-order valence-electron chi connectivity index (χ0n) is 13.7. The van der Waals surface area contributed by atoms with Crippen LogP contribution in [0.4, 0.5) is 4.39 Å². The molecule has 6 nitrogen and oxygen atoms in total. The molecular formula is C18H17ClFN3O3. The first kappa shape index (κ1) is 19.4. The molecule has 26 heavy (non-hydrogen) atoms. The van der Waals surface area contributed by atoms with Crippen LogP contribution < -0.4 is 16.0 Å². The molecular weight excluding hydrogens is 361 g/mol. The van der Waals surface area contributed by atoms with Gasteiger partial charge in [-0.25, -0.2) is 4.39 Å². The molecule has 2 rings (SSSR count). The zero-order valence-corrected chi connectivity index (χ0v) is 14.5. The van der Waals surface area contributed by atoms with Gasteiger partial charge < -0.3 is 16.0 Å². The van der Waals surface area contributed by atoms with Crippen LogP contribution in [-0.2, 0) is 4.79 Å². The number of carbonyl (C=O) groups is 3. The normalized spacial score (nSPS) is 10.1. The third kappa shape index (κ3) is 5.56. The number of rotatable bonds is 7. The Hall–Kier alpha value is -2.93. The van der Waals surface area contributed by atoms with Crippen molar-refractivity contribution in [3.05, 3.63) is 70.5 Å². The van der Waals surface area contributed by atoms with Crippen molar-refractivity contribution in [2.24, 2.45) is 0 Å². The molecule has 0 radical (unpaired) electrons. The molecule has 0 atom stereocenters. The summed E-state index contributed by atoms with van der Waals surface area (Å²) in [6.07, 6.45) is 0. The fourth-order valence-corrected chi connectivity index (χ4v) is 2.34. The van der Waals surface area contributed by atoms with Crippen molar-refractivity contribution in [3.8, 4) is 0 Å². The van der Waals surface area contributed by atoms with E-state index < -0.39 is 17.6 Å². The van der Waals surface area contributed by atoms with E-state index in [0.717, 1.165) is 6.07 Å². The molecule has 0 fully saturated rings. The molecule has 136 valence electrons. The van der Waals surface area contributed by atoms with Gasteiger partial charge in [-0.3, -0.25) is 14.4 Å². The van der Waals surface area contributed by atoms with Gasteiger partial charge in [-0.2, -0.15) is 0 Å². The molecule has 0 aliphatic carbocycles. The summed E-state index contributed by atoms with van der Waals surface area (Å²) in [5.74, 6) is -2.15. The first-order chi connectivity index (χ1) is 12.5. The molecule has 0 heterocycles. The molecule has 0 bridgehead atoms. The highest BCUT2D eigenvalue weighted by atomic mass is 35.5. The van der Waals surface area contributed by atoms with Gasteiger partial charge in [0.25, 0.3) is 11.8 Å². The van der Waals surface area contributed by atoms with Crippen molar-refractivity contribution < 1.29 is 18.8 Å².